The maximum atomic E-state index is 5.88. The lowest BCUT2D eigenvalue weighted by molar-refractivity contribution is 1.04. The average molecular weight is 287 g/mol. The van der Waals surface area contributed by atoms with Gasteiger partial charge in [-0.1, -0.05) is 54.1 Å². The molecule has 3 rings (SSSR count). The van der Waals surface area contributed by atoms with Crippen molar-refractivity contribution < 1.29 is 0 Å². The summed E-state index contributed by atoms with van der Waals surface area (Å²) in [6, 6.07) is 17.9. The van der Waals surface area contributed by atoms with E-state index < -0.39 is 0 Å². The van der Waals surface area contributed by atoms with Gasteiger partial charge in [0.05, 0.1) is 0 Å². The maximum Gasteiger partial charge on any atom is 0.147 e. The van der Waals surface area contributed by atoms with E-state index in [1.807, 2.05) is 42.5 Å². The summed E-state index contributed by atoms with van der Waals surface area (Å²) >= 11 is 7.30. The van der Waals surface area contributed by atoms with Gasteiger partial charge in [-0.2, -0.15) is 4.37 Å². The van der Waals surface area contributed by atoms with E-state index in [0.29, 0.717) is 0 Å². The summed E-state index contributed by atoms with van der Waals surface area (Å²) in [5.74, 6) is 0.862. The first-order valence-electron chi connectivity index (χ1n) is 5.94. The molecule has 2 aromatic carbocycles. The van der Waals surface area contributed by atoms with Crippen molar-refractivity contribution in [2.75, 3.05) is 0 Å². The molecule has 94 valence electrons. The lowest BCUT2D eigenvalue weighted by atomic mass is 10.1. The van der Waals surface area contributed by atoms with Gasteiger partial charge in [-0.25, -0.2) is 4.98 Å². The van der Waals surface area contributed by atoms with Gasteiger partial charge in [-0.3, -0.25) is 0 Å². The van der Waals surface area contributed by atoms with Crippen molar-refractivity contribution >= 4 is 23.1 Å². The Kier molecular flexibility index (Phi) is 3.58. The minimum atomic E-state index is 0.734. The summed E-state index contributed by atoms with van der Waals surface area (Å²) in [6.45, 7) is 0. The van der Waals surface area contributed by atoms with Crippen molar-refractivity contribution in [1.82, 2.24) is 9.36 Å². The van der Waals surface area contributed by atoms with Gasteiger partial charge in [0.1, 0.15) is 10.8 Å². The van der Waals surface area contributed by atoms with E-state index in [0.717, 1.165) is 27.8 Å². The molecule has 0 saturated heterocycles. The standard InChI is InChI=1S/C15H11ClN2S/c16-13-8-6-12(7-9-13)15-17-14(18-19-15)10-11-4-2-1-3-5-11/h1-9H,10H2. The van der Waals surface area contributed by atoms with Crippen molar-refractivity contribution in [3.05, 3.63) is 71.0 Å². The largest absolute Gasteiger partial charge is 0.219 e. The smallest absolute Gasteiger partial charge is 0.147 e. The molecular weight excluding hydrogens is 276 g/mol. The average Bonchev–Trinajstić information content (AvgIpc) is 2.89. The summed E-state index contributed by atoms with van der Waals surface area (Å²) in [7, 11) is 0. The molecule has 0 aliphatic rings. The molecule has 4 heteroatoms. The van der Waals surface area contributed by atoms with Gasteiger partial charge in [0, 0.05) is 17.0 Å². The Morgan fingerprint density at radius 2 is 1.68 bits per heavy atom. The van der Waals surface area contributed by atoms with Gasteiger partial charge in [0.15, 0.2) is 0 Å². The fraction of sp³-hybridized carbons (Fsp3) is 0.0667. The molecule has 0 saturated carbocycles. The van der Waals surface area contributed by atoms with Gasteiger partial charge in [-0.15, -0.1) is 0 Å². The molecule has 0 atom stereocenters. The first-order valence-corrected chi connectivity index (χ1v) is 7.09. The predicted octanol–water partition coefficient (Wildman–Crippen LogP) is 4.45. The third-order valence-electron chi connectivity index (χ3n) is 2.76. The third kappa shape index (κ3) is 3.00. The van der Waals surface area contributed by atoms with E-state index in [1.165, 1.54) is 17.1 Å². The summed E-state index contributed by atoms with van der Waals surface area (Å²) < 4.78 is 4.41. The lowest BCUT2D eigenvalue weighted by Gasteiger charge is -1.96. The van der Waals surface area contributed by atoms with Crippen LogP contribution in [0.1, 0.15) is 11.4 Å². The molecule has 3 aromatic rings. The van der Waals surface area contributed by atoms with Crippen LogP contribution in [0.3, 0.4) is 0 Å². The van der Waals surface area contributed by atoms with E-state index in [4.69, 9.17) is 11.6 Å². The molecule has 0 bridgehead atoms. The molecule has 0 aliphatic heterocycles. The molecule has 0 amide bonds. The Hall–Kier alpha value is -1.71. The first kappa shape index (κ1) is 12.3. The van der Waals surface area contributed by atoms with E-state index in [-0.39, 0.29) is 0 Å². The molecule has 0 fully saturated rings. The van der Waals surface area contributed by atoms with Crippen LogP contribution >= 0.6 is 23.1 Å². The van der Waals surface area contributed by atoms with Gasteiger partial charge in [-0.05, 0) is 29.2 Å². The molecule has 0 unspecified atom stereocenters. The molecule has 2 nitrogen and oxygen atoms in total. The number of hydrogen-bond donors (Lipinski definition) is 0. The van der Waals surface area contributed by atoms with Crippen LogP contribution in [0.2, 0.25) is 5.02 Å². The van der Waals surface area contributed by atoms with Crippen LogP contribution in [0, 0.1) is 0 Å². The number of hydrogen-bond acceptors (Lipinski definition) is 3. The fourth-order valence-electron chi connectivity index (χ4n) is 1.81. The Labute approximate surface area is 120 Å². The normalized spacial score (nSPS) is 10.6. The summed E-state index contributed by atoms with van der Waals surface area (Å²) in [5, 5.41) is 1.67. The van der Waals surface area contributed by atoms with Crippen molar-refractivity contribution in [1.29, 1.82) is 0 Å². The summed E-state index contributed by atoms with van der Waals surface area (Å²) in [5.41, 5.74) is 2.28. The quantitative estimate of drug-likeness (QED) is 0.711. The predicted molar refractivity (Wildman–Crippen MR) is 79.6 cm³/mol. The number of nitrogens with zero attached hydrogens (tertiary/aromatic N) is 2. The number of aromatic nitrogens is 2. The van der Waals surface area contributed by atoms with Gasteiger partial charge in [0.2, 0.25) is 0 Å². The number of halogens is 1. The second-order valence-corrected chi connectivity index (χ2v) is 5.37. The number of benzene rings is 2. The van der Waals surface area contributed by atoms with Crippen LogP contribution in [-0.2, 0) is 6.42 Å². The highest BCUT2D eigenvalue weighted by molar-refractivity contribution is 7.09. The fourth-order valence-corrected chi connectivity index (χ4v) is 2.62. The van der Waals surface area contributed by atoms with Crippen molar-refractivity contribution in [3.8, 4) is 10.6 Å². The van der Waals surface area contributed by atoms with E-state index in [1.54, 1.807) is 0 Å². The maximum absolute atomic E-state index is 5.88. The SMILES string of the molecule is Clc1ccc(-c2nc(Cc3ccccc3)ns2)cc1. The number of rotatable bonds is 3. The van der Waals surface area contributed by atoms with Crippen LogP contribution in [0.5, 0.6) is 0 Å². The van der Waals surface area contributed by atoms with E-state index in [2.05, 4.69) is 21.5 Å². The van der Waals surface area contributed by atoms with Gasteiger partial charge >= 0.3 is 0 Å². The topological polar surface area (TPSA) is 25.8 Å². The van der Waals surface area contributed by atoms with Crippen molar-refractivity contribution in [2.45, 2.75) is 6.42 Å². The Balaban J connectivity index is 1.82. The van der Waals surface area contributed by atoms with Crippen LogP contribution in [0.4, 0.5) is 0 Å². The Bertz CT molecular complexity index is 662. The molecule has 0 N–H and O–H groups in total. The third-order valence-corrected chi connectivity index (χ3v) is 3.82. The first-order chi connectivity index (χ1) is 9.31. The summed E-state index contributed by atoms with van der Waals surface area (Å²) in [4.78, 5) is 4.57. The van der Waals surface area contributed by atoms with Crippen LogP contribution < -0.4 is 0 Å². The molecular formula is C15H11ClN2S. The lowest BCUT2D eigenvalue weighted by Crippen LogP contribution is -1.90. The molecule has 19 heavy (non-hydrogen) atoms. The van der Waals surface area contributed by atoms with Gasteiger partial charge in [0.25, 0.3) is 0 Å². The second-order valence-electron chi connectivity index (χ2n) is 4.19. The van der Waals surface area contributed by atoms with Crippen LogP contribution in [0.25, 0.3) is 10.6 Å². The van der Waals surface area contributed by atoms with Crippen LogP contribution in [-0.4, -0.2) is 9.36 Å². The summed E-state index contributed by atoms with van der Waals surface area (Å²) in [6.07, 6.45) is 0.769. The highest BCUT2D eigenvalue weighted by Crippen LogP contribution is 2.23. The minimum absolute atomic E-state index is 0.734. The molecule has 1 heterocycles. The molecule has 0 aliphatic carbocycles. The zero-order chi connectivity index (χ0) is 13.1. The second kappa shape index (κ2) is 5.51. The molecule has 0 radical (unpaired) electrons. The highest BCUT2D eigenvalue weighted by atomic mass is 35.5. The highest BCUT2D eigenvalue weighted by Gasteiger charge is 2.07. The minimum Gasteiger partial charge on any atom is -0.219 e. The van der Waals surface area contributed by atoms with Gasteiger partial charge < -0.3 is 0 Å². The zero-order valence-corrected chi connectivity index (χ0v) is 11.7. The molecule has 0 spiro atoms. The van der Waals surface area contributed by atoms with E-state index >= 15 is 0 Å². The zero-order valence-electron chi connectivity index (χ0n) is 10.1. The van der Waals surface area contributed by atoms with Crippen LogP contribution in [0.15, 0.2) is 54.6 Å². The Morgan fingerprint density at radius 1 is 0.947 bits per heavy atom. The monoisotopic (exact) mass is 286 g/mol. The molecule has 1 aromatic heterocycles. The van der Waals surface area contributed by atoms with Crippen molar-refractivity contribution in [2.24, 2.45) is 0 Å². The Morgan fingerprint density at radius 3 is 2.42 bits per heavy atom. The van der Waals surface area contributed by atoms with Crippen molar-refractivity contribution in [3.63, 3.8) is 0 Å². The van der Waals surface area contributed by atoms with E-state index in [9.17, 15) is 0 Å².